The van der Waals surface area contributed by atoms with Crippen LogP contribution in [0, 0.1) is 0 Å². The van der Waals surface area contributed by atoms with Gasteiger partial charge in [0.05, 0.1) is 19.6 Å². The largest absolute Gasteiger partial charge is 0.351 e. The summed E-state index contributed by atoms with van der Waals surface area (Å²) in [6, 6.07) is 12.1. The minimum atomic E-state index is -0.000682. The van der Waals surface area contributed by atoms with Gasteiger partial charge in [0.25, 0.3) is 0 Å². The molecule has 0 saturated heterocycles. The van der Waals surface area contributed by atoms with E-state index in [1.54, 1.807) is 34.0 Å². The lowest BCUT2D eigenvalue weighted by molar-refractivity contribution is -0.132. The summed E-state index contributed by atoms with van der Waals surface area (Å²) >= 11 is 4.95. The Morgan fingerprint density at radius 2 is 1.37 bits per heavy atom. The van der Waals surface area contributed by atoms with Gasteiger partial charge in [-0.1, -0.05) is 18.2 Å². The molecule has 0 aliphatic rings. The summed E-state index contributed by atoms with van der Waals surface area (Å²) in [5.74, 6) is 0.0992. The Bertz CT molecular complexity index is 775. The summed E-state index contributed by atoms with van der Waals surface area (Å²) in [5.41, 5.74) is 0. The molecule has 3 aromatic heterocycles. The number of rotatable bonds is 10. The van der Waals surface area contributed by atoms with Crippen LogP contribution in [0.4, 0.5) is 0 Å². The van der Waals surface area contributed by atoms with Crippen molar-refractivity contribution in [3.63, 3.8) is 0 Å². The van der Waals surface area contributed by atoms with Gasteiger partial charge in [-0.2, -0.15) is 0 Å². The van der Waals surface area contributed by atoms with Crippen molar-refractivity contribution in [1.29, 1.82) is 0 Å². The molecule has 0 aliphatic heterocycles. The van der Waals surface area contributed by atoms with Gasteiger partial charge in [0, 0.05) is 27.5 Å². The highest BCUT2D eigenvalue weighted by atomic mass is 32.1. The fourth-order valence-corrected chi connectivity index (χ4v) is 4.74. The quantitative estimate of drug-likeness (QED) is 0.510. The molecule has 0 bridgehead atoms. The summed E-state index contributed by atoms with van der Waals surface area (Å²) in [7, 11) is 0. The third-order valence-corrected chi connectivity index (χ3v) is 6.64. The molecule has 0 fully saturated rings. The molecule has 3 aromatic rings. The first-order chi connectivity index (χ1) is 13.2. The van der Waals surface area contributed by atoms with Crippen LogP contribution >= 0.6 is 34.0 Å². The maximum absolute atomic E-state index is 12.7. The van der Waals surface area contributed by atoms with Crippen molar-refractivity contribution in [3.8, 4) is 0 Å². The number of thiophene rings is 3. The summed E-state index contributed by atoms with van der Waals surface area (Å²) in [4.78, 5) is 30.1. The first-order valence-electron chi connectivity index (χ1n) is 8.82. The summed E-state index contributed by atoms with van der Waals surface area (Å²) < 4.78 is 0. The Labute approximate surface area is 171 Å². The second-order valence-corrected chi connectivity index (χ2v) is 9.21. The number of nitrogens with one attached hydrogen (secondary N) is 1. The summed E-state index contributed by atoms with van der Waals surface area (Å²) in [6.07, 6.45) is 1.34. The highest BCUT2D eigenvalue weighted by Crippen LogP contribution is 2.18. The second kappa shape index (κ2) is 10.4. The van der Waals surface area contributed by atoms with Crippen molar-refractivity contribution in [3.05, 3.63) is 67.2 Å². The fraction of sp³-hybridized carbons (Fsp3) is 0.300. The van der Waals surface area contributed by atoms with Crippen LogP contribution in [-0.2, 0) is 29.2 Å². The van der Waals surface area contributed by atoms with Crippen molar-refractivity contribution in [2.24, 2.45) is 0 Å². The van der Waals surface area contributed by atoms with Gasteiger partial charge in [0.2, 0.25) is 11.8 Å². The van der Waals surface area contributed by atoms with E-state index in [2.05, 4.69) is 17.4 Å². The van der Waals surface area contributed by atoms with E-state index in [0.717, 1.165) is 4.88 Å². The molecule has 0 unspecified atom stereocenters. The molecule has 0 aromatic carbocycles. The Kier molecular flexibility index (Phi) is 7.62. The standard InChI is InChI=1S/C20H22N2O2S3/c23-19(21-13-16-5-2-10-25-16)8-1-9-20(24)22(14-17-6-3-11-26-17)15-18-7-4-12-27-18/h2-7,10-12H,1,8-9,13-15H2,(H,21,23). The van der Waals surface area contributed by atoms with Gasteiger partial charge in [0.15, 0.2) is 0 Å². The molecular weight excluding hydrogens is 396 g/mol. The predicted molar refractivity (Wildman–Crippen MR) is 113 cm³/mol. The van der Waals surface area contributed by atoms with Gasteiger partial charge < -0.3 is 10.2 Å². The molecule has 0 saturated carbocycles. The monoisotopic (exact) mass is 418 g/mol. The third kappa shape index (κ3) is 6.61. The topological polar surface area (TPSA) is 49.4 Å². The molecule has 7 heteroatoms. The van der Waals surface area contributed by atoms with Crippen LogP contribution in [0.25, 0.3) is 0 Å². The van der Waals surface area contributed by atoms with E-state index in [0.29, 0.717) is 38.9 Å². The van der Waals surface area contributed by atoms with Crippen LogP contribution in [0.15, 0.2) is 52.5 Å². The van der Waals surface area contributed by atoms with Crippen molar-refractivity contribution in [2.45, 2.75) is 38.9 Å². The van der Waals surface area contributed by atoms with Gasteiger partial charge in [-0.25, -0.2) is 0 Å². The van der Waals surface area contributed by atoms with Crippen LogP contribution < -0.4 is 5.32 Å². The normalized spacial score (nSPS) is 10.7. The molecule has 0 spiro atoms. The van der Waals surface area contributed by atoms with E-state index in [-0.39, 0.29) is 11.8 Å². The molecule has 0 radical (unpaired) electrons. The van der Waals surface area contributed by atoms with Gasteiger partial charge >= 0.3 is 0 Å². The van der Waals surface area contributed by atoms with Crippen molar-refractivity contribution < 1.29 is 9.59 Å². The highest BCUT2D eigenvalue weighted by Gasteiger charge is 2.16. The van der Waals surface area contributed by atoms with Gasteiger partial charge in [-0.15, -0.1) is 34.0 Å². The maximum atomic E-state index is 12.7. The Balaban J connectivity index is 1.45. The SMILES string of the molecule is O=C(CCCC(=O)N(Cc1cccs1)Cc1cccs1)NCc1cccs1. The zero-order valence-electron chi connectivity index (χ0n) is 14.9. The molecule has 0 aliphatic carbocycles. The van der Waals surface area contributed by atoms with E-state index >= 15 is 0 Å². The third-order valence-electron chi connectivity index (χ3n) is 4.04. The Morgan fingerprint density at radius 3 is 1.89 bits per heavy atom. The summed E-state index contributed by atoms with van der Waals surface area (Å²) in [6.45, 7) is 1.81. The lowest BCUT2D eigenvalue weighted by Gasteiger charge is -2.21. The van der Waals surface area contributed by atoms with Gasteiger partial charge in [-0.3, -0.25) is 9.59 Å². The van der Waals surface area contributed by atoms with Gasteiger partial charge in [-0.05, 0) is 40.8 Å². The Hall–Kier alpha value is -1.96. The first kappa shape index (κ1) is 19.8. The number of nitrogens with zero attached hydrogens (tertiary/aromatic N) is 1. The molecule has 2 amide bonds. The predicted octanol–water partition coefficient (Wildman–Crippen LogP) is 4.89. The van der Waals surface area contributed by atoms with Crippen LogP contribution in [0.5, 0.6) is 0 Å². The average Bonchev–Trinajstić information content (AvgIpc) is 3.42. The molecule has 27 heavy (non-hydrogen) atoms. The van der Waals surface area contributed by atoms with E-state index < -0.39 is 0 Å². The second-order valence-electron chi connectivity index (χ2n) is 6.12. The highest BCUT2D eigenvalue weighted by molar-refractivity contribution is 7.10. The first-order valence-corrected chi connectivity index (χ1v) is 11.5. The number of carbonyl (C=O) groups is 2. The van der Waals surface area contributed by atoms with Crippen molar-refractivity contribution >= 4 is 45.8 Å². The minimum absolute atomic E-state index is 0.000682. The zero-order valence-corrected chi connectivity index (χ0v) is 17.4. The molecule has 142 valence electrons. The maximum Gasteiger partial charge on any atom is 0.223 e. The zero-order chi connectivity index (χ0) is 18.9. The van der Waals surface area contributed by atoms with E-state index in [9.17, 15) is 9.59 Å². The molecule has 4 nitrogen and oxygen atoms in total. The average molecular weight is 419 g/mol. The van der Waals surface area contributed by atoms with Crippen LogP contribution in [0.1, 0.15) is 33.9 Å². The van der Waals surface area contributed by atoms with Crippen LogP contribution in [0.3, 0.4) is 0 Å². The number of hydrogen-bond acceptors (Lipinski definition) is 5. The minimum Gasteiger partial charge on any atom is -0.351 e. The fourth-order valence-electron chi connectivity index (χ4n) is 2.66. The lowest BCUT2D eigenvalue weighted by atomic mass is 10.2. The molecule has 1 N–H and O–H groups in total. The van der Waals surface area contributed by atoms with E-state index in [4.69, 9.17) is 0 Å². The Morgan fingerprint density at radius 1 is 0.815 bits per heavy atom. The lowest BCUT2D eigenvalue weighted by Crippen LogP contribution is -2.29. The number of amides is 2. The van der Waals surface area contributed by atoms with Crippen LogP contribution in [0.2, 0.25) is 0 Å². The van der Waals surface area contributed by atoms with Gasteiger partial charge in [0.1, 0.15) is 0 Å². The number of carbonyl (C=O) groups excluding carboxylic acids is 2. The smallest absolute Gasteiger partial charge is 0.223 e. The molecule has 3 rings (SSSR count). The molecule has 0 atom stereocenters. The molecular formula is C20H22N2O2S3. The van der Waals surface area contributed by atoms with Crippen molar-refractivity contribution in [2.75, 3.05) is 0 Å². The number of hydrogen-bond donors (Lipinski definition) is 1. The summed E-state index contributed by atoms with van der Waals surface area (Å²) in [5, 5.41) is 8.96. The van der Waals surface area contributed by atoms with Crippen molar-refractivity contribution in [1.82, 2.24) is 10.2 Å². The molecule has 3 heterocycles. The van der Waals surface area contributed by atoms with E-state index in [1.165, 1.54) is 9.75 Å². The van der Waals surface area contributed by atoms with E-state index in [1.807, 2.05) is 45.3 Å². The van der Waals surface area contributed by atoms with Crippen LogP contribution in [-0.4, -0.2) is 16.7 Å².